The third-order valence-electron chi connectivity index (χ3n) is 4.76. The van der Waals surface area contributed by atoms with Crippen molar-refractivity contribution in [1.82, 2.24) is 4.90 Å². The van der Waals surface area contributed by atoms with Crippen LogP contribution in [0.5, 0.6) is 0 Å². The van der Waals surface area contributed by atoms with Crippen molar-refractivity contribution in [1.29, 1.82) is 0 Å². The first kappa shape index (κ1) is 17.5. The lowest BCUT2D eigenvalue weighted by Crippen LogP contribution is -2.52. The molecule has 2 aliphatic rings. The van der Waals surface area contributed by atoms with Crippen LogP contribution in [0.4, 0.5) is 4.79 Å². The lowest BCUT2D eigenvalue weighted by atomic mass is 9.76. The summed E-state index contributed by atoms with van der Waals surface area (Å²) < 4.78 is 11.4. The van der Waals surface area contributed by atoms with Crippen molar-refractivity contribution in [3.8, 4) is 0 Å². The van der Waals surface area contributed by atoms with Gasteiger partial charge < -0.3 is 14.6 Å². The van der Waals surface area contributed by atoms with Crippen LogP contribution < -0.4 is 0 Å². The summed E-state index contributed by atoms with van der Waals surface area (Å²) in [4.78, 5) is 14.4. The standard InChI is InChI=1S/C17H31NO4/c1-15(2,3)22-14(19)18-13(11-21-16(18,4)5)12-7-9-17(6,20)10-8-12/h12-13,20H,7-11H2,1-6H3/t12?,13-,17?/m0/s1. The molecule has 2 fully saturated rings. The molecule has 5 heteroatoms. The van der Waals surface area contributed by atoms with E-state index in [4.69, 9.17) is 9.47 Å². The van der Waals surface area contributed by atoms with Gasteiger partial charge in [-0.3, -0.25) is 4.90 Å². The van der Waals surface area contributed by atoms with Crippen LogP contribution in [0.3, 0.4) is 0 Å². The van der Waals surface area contributed by atoms with Gasteiger partial charge in [0.1, 0.15) is 11.3 Å². The highest BCUT2D eigenvalue weighted by Gasteiger charge is 2.49. The topological polar surface area (TPSA) is 59.0 Å². The van der Waals surface area contributed by atoms with Gasteiger partial charge in [-0.25, -0.2) is 4.79 Å². The Morgan fingerprint density at radius 1 is 1.23 bits per heavy atom. The van der Waals surface area contributed by atoms with Gasteiger partial charge in [0, 0.05) is 0 Å². The molecular weight excluding hydrogens is 282 g/mol. The third-order valence-corrected chi connectivity index (χ3v) is 4.76. The fourth-order valence-electron chi connectivity index (χ4n) is 3.49. The number of amides is 1. The van der Waals surface area contributed by atoms with E-state index in [1.807, 2.05) is 41.5 Å². The Hall–Kier alpha value is -0.810. The lowest BCUT2D eigenvalue weighted by molar-refractivity contribution is -0.0671. The number of carbonyl (C=O) groups excluding carboxylic acids is 1. The molecule has 1 aliphatic heterocycles. The van der Waals surface area contributed by atoms with Gasteiger partial charge in [-0.1, -0.05) is 0 Å². The van der Waals surface area contributed by atoms with E-state index in [1.54, 1.807) is 4.90 Å². The fourth-order valence-corrected chi connectivity index (χ4v) is 3.49. The van der Waals surface area contributed by atoms with Gasteiger partial charge in [-0.2, -0.15) is 0 Å². The van der Waals surface area contributed by atoms with Gasteiger partial charge in [0.05, 0.1) is 18.2 Å². The minimum atomic E-state index is -0.646. The van der Waals surface area contributed by atoms with Gasteiger partial charge in [0.25, 0.3) is 0 Å². The molecule has 0 aromatic carbocycles. The molecule has 22 heavy (non-hydrogen) atoms. The first-order valence-electron chi connectivity index (χ1n) is 8.30. The maximum Gasteiger partial charge on any atom is 0.412 e. The number of carbonyl (C=O) groups is 1. The number of hydrogen-bond acceptors (Lipinski definition) is 4. The Labute approximate surface area is 134 Å². The number of nitrogens with zero attached hydrogens (tertiary/aromatic N) is 1. The predicted molar refractivity (Wildman–Crippen MR) is 84.5 cm³/mol. The summed E-state index contributed by atoms with van der Waals surface area (Å²) in [6, 6.07) is 0.0287. The molecule has 128 valence electrons. The highest BCUT2D eigenvalue weighted by Crippen LogP contribution is 2.40. The fraction of sp³-hybridized carbons (Fsp3) is 0.941. The van der Waals surface area contributed by atoms with Crippen LogP contribution in [0.2, 0.25) is 0 Å². The molecule has 1 atom stereocenters. The molecule has 0 spiro atoms. The molecule has 0 unspecified atom stereocenters. The second-order valence-corrected chi connectivity index (χ2v) is 8.51. The maximum atomic E-state index is 12.6. The van der Waals surface area contributed by atoms with Crippen LogP contribution in [-0.2, 0) is 9.47 Å². The van der Waals surface area contributed by atoms with Crippen LogP contribution >= 0.6 is 0 Å². The van der Waals surface area contributed by atoms with E-state index in [-0.39, 0.29) is 12.1 Å². The van der Waals surface area contributed by atoms with Crippen LogP contribution in [0.25, 0.3) is 0 Å². The molecule has 1 saturated heterocycles. The number of rotatable bonds is 1. The molecule has 1 amide bonds. The molecular formula is C17H31NO4. The van der Waals surface area contributed by atoms with Crippen molar-refractivity contribution in [2.24, 2.45) is 5.92 Å². The van der Waals surface area contributed by atoms with Gasteiger partial charge in [-0.05, 0) is 73.1 Å². The zero-order valence-electron chi connectivity index (χ0n) is 14.8. The lowest BCUT2D eigenvalue weighted by Gasteiger charge is -2.41. The number of ether oxygens (including phenoxy) is 2. The molecule has 5 nitrogen and oxygen atoms in total. The number of hydrogen-bond donors (Lipinski definition) is 1. The normalized spacial score (nSPS) is 35.5. The van der Waals surface area contributed by atoms with E-state index in [2.05, 4.69) is 0 Å². The maximum absolute atomic E-state index is 12.6. The minimum Gasteiger partial charge on any atom is -0.444 e. The van der Waals surface area contributed by atoms with Crippen LogP contribution in [0.1, 0.15) is 67.2 Å². The number of aliphatic hydroxyl groups is 1. The van der Waals surface area contributed by atoms with E-state index >= 15 is 0 Å². The van der Waals surface area contributed by atoms with Crippen LogP contribution in [-0.4, -0.2) is 45.7 Å². The van der Waals surface area contributed by atoms with Crippen LogP contribution in [0, 0.1) is 5.92 Å². The van der Waals surface area contributed by atoms with Crippen molar-refractivity contribution in [2.75, 3.05) is 6.61 Å². The predicted octanol–water partition coefficient (Wildman–Crippen LogP) is 3.30. The molecule has 0 radical (unpaired) electrons. The summed E-state index contributed by atoms with van der Waals surface area (Å²) in [7, 11) is 0. The van der Waals surface area contributed by atoms with E-state index in [0.29, 0.717) is 12.5 Å². The van der Waals surface area contributed by atoms with Gasteiger partial charge in [0.2, 0.25) is 0 Å². The Morgan fingerprint density at radius 3 is 2.27 bits per heavy atom. The summed E-state index contributed by atoms with van der Waals surface area (Å²) in [5.74, 6) is 0.356. The highest BCUT2D eigenvalue weighted by molar-refractivity contribution is 5.69. The Bertz CT molecular complexity index is 415. The minimum absolute atomic E-state index is 0.0287. The highest BCUT2D eigenvalue weighted by atomic mass is 16.6. The first-order valence-corrected chi connectivity index (χ1v) is 8.30. The zero-order valence-corrected chi connectivity index (χ0v) is 14.8. The summed E-state index contributed by atoms with van der Waals surface area (Å²) in [6.07, 6.45) is 3.07. The monoisotopic (exact) mass is 313 g/mol. The van der Waals surface area contributed by atoms with Crippen molar-refractivity contribution in [2.45, 2.75) is 90.2 Å². The summed E-state index contributed by atoms with van der Waals surface area (Å²) in [5.41, 5.74) is -1.73. The second-order valence-electron chi connectivity index (χ2n) is 8.51. The van der Waals surface area contributed by atoms with Crippen molar-refractivity contribution < 1.29 is 19.4 Å². The Kier molecular flexibility index (Phi) is 4.53. The van der Waals surface area contributed by atoms with Gasteiger partial charge in [0.15, 0.2) is 0 Å². The molecule has 0 aromatic rings. The smallest absolute Gasteiger partial charge is 0.412 e. The molecule has 1 heterocycles. The zero-order chi connectivity index (χ0) is 16.8. The summed E-state index contributed by atoms with van der Waals surface area (Å²) in [5, 5.41) is 10.1. The van der Waals surface area contributed by atoms with E-state index < -0.39 is 16.9 Å². The molecule has 1 aliphatic carbocycles. The van der Waals surface area contributed by atoms with Crippen molar-refractivity contribution >= 4 is 6.09 Å². The van der Waals surface area contributed by atoms with Gasteiger partial charge in [-0.15, -0.1) is 0 Å². The molecule has 0 bridgehead atoms. The van der Waals surface area contributed by atoms with E-state index in [1.165, 1.54) is 0 Å². The first-order chi connectivity index (χ1) is 9.91. The molecule has 2 rings (SSSR count). The SMILES string of the molecule is CC1(O)CCC([C@@H]2COC(C)(C)N2C(=O)OC(C)(C)C)CC1. The quantitative estimate of drug-likeness (QED) is 0.807. The molecule has 0 aromatic heterocycles. The second kappa shape index (κ2) is 5.68. The van der Waals surface area contributed by atoms with Crippen molar-refractivity contribution in [3.05, 3.63) is 0 Å². The van der Waals surface area contributed by atoms with E-state index in [9.17, 15) is 9.90 Å². The summed E-state index contributed by atoms with van der Waals surface area (Å²) in [6.45, 7) is 11.9. The molecule has 1 saturated carbocycles. The Morgan fingerprint density at radius 2 is 1.77 bits per heavy atom. The third kappa shape index (κ3) is 3.93. The average Bonchev–Trinajstić information content (AvgIpc) is 2.62. The average molecular weight is 313 g/mol. The summed E-state index contributed by atoms with van der Waals surface area (Å²) >= 11 is 0. The van der Waals surface area contributed by atoms with Crippen molar-refractivity contribution in [3.63, 3.8) is 0 Å². The van der Waals surface area contributed by atoms with Crippen LogP contribution in [0.15, 0.2) is 0 Å². The van der Waals surface area contributed by atoms with Gasteiger partial charge >= 0.3 is 6.09 Å². The largest absolute Gasteiger partial charge is 0.444 e. The molecule has 1 N–H and O–H groups in total. The Balaban J connectivity index is 2.12. The van der Waals surface area contributed by atoms with E-state index in [0.717, 1.165) is 25.7 Å².